The Morgan fingerprint density at radius 1 is 1.15 bits per heavy atom. The van der Waals surface area contributed by atoms with Crippen molar-refractivity contribution in [3.05, 3.63) is 77.1 Å². The highest BCUT2D eigenvalue weighted by Crippen LogP contribution is 2.23. The Morgan fingerprint density at radius 3 is 2.58 bits per heavy atom. The predicted molar refractivity (Wildman–Crippen MR) is 105 cm³/mol. The van der Waals surface area contributed by atoms with E-state index in [1.807, 2.05) is 18.2 Å². The van der Waals surface area contributed by atoms with E-state index in [4.69, 9.17) is 5.11 Å². The molecule has 0 saturated carbocycles. The van der Waals surface area contributed by atoms with E-state index in [1.54, 1.807) is 0 Å². The van der Waals surface area contributed by atoms with Crippen LogP contribution in [-0.2, 0) is 4.79 Å². The molecule has 0 bridgehead atoms. The smallest absolute Gasteiger partial charge is 0.328 e. The molecule has 0 unspecified atom stereocenters. The van der Waals surface area contributed by atoms with Gasteiger partial charge in [-0.2, -0.15) is 0 Å². The van der Waals surface area contributed by atoms with Gasteiger partial charge in [0.25, 0.3) is 0 Å². The van der Waals surface area contributed by atoms with Crippen molar-refractivity contribution in [3.8, 4) is 0 Å². The van der Waals surface area contributed by atoms with E-state index in [2.05, 4.69) is 47.1 Å². The Morgan fingerprint density at radius 2 is 1.88 bits per heavy atom. The van der Waals surface area contributed by atoms with Crippen molar-refractivity contribution in [3.63, 3.8) is 0 Å². The molecule has 0 aliphatic carbocycles. The van der Waals surface area contributed by atoms with Crippen molar-refractivity contribution in [2.24, 2.45) is 0 Å². The van der Waals surface area contributed by atoms with Gasteiger partial charge in [-0.1, -0.05) is 42.0 Å². The lowest BCUT2D eigenvalue weighted by Crippen LogP contribution is -2.19. The molecule has 4 heteroatoms. The van der Waals surface area contributed by atoms with Gasteiger partial charge in [-0.25, -0.2) is 9.78 Å². The van der Waals surface area contributed by atoms with Crippen molar-refractivity contribution >= 4 is 17.6 Å². The molecule has 1 aliphatic heterocycles. The van der Waals surface area contributed by atoms with Gasteiger partial charge in [0.2, 0.25) is 0 Å². The number of aryl methyl sites for hydroxylation is 1. The van der Waals surface area contributed by atoms with E-state index in [1.165, 1.54) is 24.5 Å². The van der Waals surface area contributed by atoms with E-state index >= 15 is 0 Å². The molecule has 0 radical (unpaired) electrons. The zero-order valence-corrected chi connectivity index (χ0v) is 15.1. The number of pyridine rings is 1. The summed E-state index contributed by atoms with van der Waals surface area (Å²) in [4.78, 5) is 17.9. The SMILES string of the molecule is Cc1ccc(/C(=C\CN2CCCC2)c2cccc(/C=C\C(=O)O)n2)cc1. The maximum absolute atomic E-state index is 10.8. The average Bonchev–Trinajstić information content (AvgIpc) is 3.15. The van der Waals surface area contributed by atoms with Crippen LogP contribution < -0.4 is 0 Å². The fourth-order valence-electron chi connectivity index (χ4n) is 3.14. The van der Waals surface area contributed by atoms with Crippen LogP contribution in [0.5, 0.6) is 0 Å². The first kappa shape index (κ1) is 18.1. The van der Waals surface area contributed by atoms with Gasteiger partial charge in [0, 0.05) is 18.2 Å². The minimum Gasteiger partial charge on any atom is -0.478 e. The third kappa shape index (κ3) is 4.90. The van der Waals surface area contributed by atoms with E-state index in [-0.39, 0.29) is 0 Å². The van der Waals surface area contributed by atoms with Gasteiger partial charge in [-0.15, -0.1) is 0 Å². The zero-order chi connectivity index (χ0) is 18.4. The third-order valence-corrected chi connectivity index (χ3v) is 4.56. The van der Waals surface area contributed by atoms with Crippen LogP contribution >= 0.6 is 0 Å². The van der Waals surface area contributed by atoms with Crippen molar-refractivity contribution < 1.29 is 9.90 Å². The Labute approximate surface area is 154 Å². The van der Waals surface area contributed by atoms with Crippen molar-refractivity contribution in [1.29, 1.82) is 0 Å². The van der Waals surface area contributed by atoms with Gasteiger partial charge in [0.15, 0.2) is 0 Å². The number of benzene rings is 1. The Hall–Kier alpha value is -2.72. The number of carboxylic acids is 1. The van der Waals surface area contributed by atoms with Crippen LogP contribution in [0.2, 0.25) is 0 Å². The van der Waals surface area contributed by atoms with Crippen LogP contribution in [0.1, 0.15) is 35.4 Å². The van der Waals surface area contributed by atoms with E-state index in [0.717, 1.165) is 42.5 Å². The normalized spacial score (nSPS) is 15.7. The van der Waals surface area contributed by atoms with E-state index < -0.39 is 5.97 Å². The summed E-state index contributed by atoms with van der Waals surface area (Å²) in [6.07, 6.45) is 7.41. The molecule has 0 spiro atoms. The summed E-state index contributed by atoms with van der Waals surface area (Å²) in [5.41, 5.74) is 4.94. The van der Waals surface area contributed by atoms with Crippen molar-refractivity contribution in [2.45, 2.75) is 19.8 Å². The summed E-state index contributed by atoms with van der Waals surface area (Å²) in [6.45, 7) is 5.27. The van der Waals surface area contributed by atoms with Crippen LogP contribution in [0.4, 0.5) is 0 Å². The molecule has 1 aliphatic rings. The van der Waals surface area contributed by atoms with Gasteiger partial charge in [0.1, 0.15) is 0 Å². The summed E-state index contributed by atoms with van der Waals surface area (Å²) in [6, 6.07) is 14.2. The number of carboxylic acid groups (broad SMARTS) is 1. The highest BCUT2D eigenvalue weighted by molar-refractivity contribution is 5.85. The lowest BCUT2D eigenvalue weighted by Gasteiger charge is -2.14. The van der Waals surface area contributed by atoms with E-state index in [9.17, 15) is 4.79 Å². The maximum atomic E-state index is 10.8. The van der Waals surface area contributed by atoms with Crippen LogP contribution in [0, 0.1) is 6.92 Å². The van der Waals surface area contributed by atoms with Gasteiger partial charge >= 0.3 is 5.97 Å². The largest absolute Gasteiger partial charge is 0.478 e. The van der Waals surface area contributed by atoms with Crippen LogP contribution in [-0.4, -0.2) is 40.6 Å². The van der Waals surface area contributed by atoms with Crippen LogP contribution in [0.3, 0.4) is 0 Å². The lowest BCUT2D eigenvalue weighted by molar-refractivity contribution is -0.131. The highest BCUT2D eigenvalue weighted by Gasteiger charge is 2.12. The molecule has 3 rings (SSSR count). The molecule has 1 N–H and O–H groups in total. The van der Waals surface area contributed by atoms with E-state index in [0.29, 0.717) is 5.69 Å². The molecule has 0 amide bonds. The maximum Gasteiger partial charge on any atom is 0.328 e. The first-order chi connectivity index (χ1) is 12.6. The number of hydrogen-bond donors (Lipinski definition) is 1. The zero-order valence-electron chi connectivity index (χ0n) is 15.1. The predicted octanol–water partition coefficient (Wildman–Crippen LogP) is 4.02. The molecule has 1 aromatic heterocycles. The molecular formula is C22H24N2O2. The number of hydrogen-bond acceptors (Lipinski definition) is 3. The quantitative estimate of drug-likeness (QED) is 0.801. The molecule has 0 atom stereocenters. The van der Waals surface area contributed by atoms with Crippen molar-refractivity contribution in [1.82, 2.24) is 9.88 Å². The first-order valence-electron chi connectivity index (χ1n) is 9.00. The topological polar surface area (TPSA) is 53.4 Å². The Bertz CT molecular complexity index is 816. The molecular weight excluding hydrogens is 324 g/mol. The van der Waals surface area contributed by atoms with Gasteiger partial charge in [0.05, 0.1) is 11.4 Å². The molecule has 1 fully saturated rings. The summed E-state index contributed by atoms with van der Waals surface area (Å²) < 4.78 is 0. The monoisotopic (exact) mass is 348 g/mol. The summed E-state index contributed by atoms with van der Waals surface area (Å²) in [5, 5.41) is 8.83. The summed E-state index contributed by atoms with van der Waals surface area (Å²) in [7, 11) is 0. The molecule has 1 saturated heterocycles. The fourth-order valence-corrected chi connectivity index (χ4v) is 3.14. The Balaban J connectivity index is 1.94. The van der Waals surface area contributed by atoms with Crippen LogP contribution in [0.15, 0.2) is 54.6 Å². The first-order valence-corrected chi connectivity index (χ1v) is 9.00. The Kier molecular flexibility index (Phi) is 5.97. The number of aliphatic carboxylic acids is 1. The highest BCUT2D eigenvalue weighted by atomic mass is 16.4. The lowest BCUT2D eigenvalue weighted by atomic mass is 10.00. The molecule has 2 heterocycles. The molecule has 2 aromatic rings. The van der Waals surface area contributed by atoms with Crippen molar-refractivity contribution in [2.75, 3.05) is 19.6 Å². The summed E-state index contributed by atoms with van der Waals surface area (Å²) in [5.74, 6) is -0.972. The number of aromatic nitrogens is 1. The minimum absolute atomic E-state index is 0.643. The van der Waals surface area contributed by atoms with Gasteiger partial charge < -0.3 is 5.11 Å². The molecule has 134 valence electrons. The number of likely N-dealkylation sites (tertiary alicyclic amines) is 1. The second-order valence-corrected chi connectivity index (χ2v) is 6.61. The number of nitrogens with zero attached hydrogens (tertiary/aromatic N) is 2. The molecule has 1 aromatic carbocycles. The van der Waals surface area contributed by atoms with Crippen LogP contribution in [0.25, 0.3) is 11.6 Å². The minimum atomic E-state index is -0.972. The second kappa shape index (κ2) is 8.59. The third-order valence-electron chi connectivity index (χ3n) is 4.56. The fraction of sp³-hybridized carbons (Fsp3) is 0.273. The second-order valence-electron chi connectivity index (χ2n) is 6.61. The number of rotatable bonds is 6. The number of carbonyl (C=O) groups is 1. The van der Waals surface area contributed by atoms with Gasteiger partial charge in [-0.05, 0) is 56.6 Å². The molecule has 26 heavy (non-hydrogen) atoms. The molecule has 4 nitrogen and oxygen atoms in total. The summed E-state index contributed by atoms with van der Waals surface area (Å²) >= 11 is 0. The standard InChI is InChI=1S/C22H24N2O2/c1-17-7-9-18(10-8-17)20(13-16-24-14-2-3-15-24)21-6-4-5-19(23-21)11-12-22(25)26/h4-13H,2-3,14-16H2,1H3,(H,25,26)/b12-11-,20-13+. The van der Waals surface area contributed by atoms with Gasteiger partial charge in [-0.3, -0.25) is 4.90 Å². The average molecular weight is 348 g/mol.